The van der Waals surface area contributed by atoms with Gasteiger partial charge in [0.15, 0.2) is 4.75 Å². The maximum absolute atomic E-state index is 14.3. The Hall–Kier alpha value is -2.55. The Morgan fingerprint density at radius 2 is 1.77 bits per heavy atom. The summed E-state index contributed by atoms with van der Waals surface area (Å²) in [7, 11) is 0. The minimum atomic E-state index is -4.63. The van der Waals surface area contributed by atoms with Gasteiger partial charge in [-0.2, -0.15) is 13.2 Å². The van der Waals surface area contributed by atoms with E-state index in [4.69, 9.17) is 23.2 Å². The number of halogens is 6. The second-order valence-electron chi connectivity index (χ2n) is 8.09. The first-order valence-electron chi connectivity index (χ1n) is 10.4. The Morgan fingerprint density at radius 1 is 1.09 bits per heavy atom. The number of aryl methyl sites for hydroxylation is 1. The normalized spacial score (nSPS) is 17.9. The molecule has 1 N–H and O–H groups in total. The molecule has 0 fully saturated rings. The van der Waals surface area contributed by atoms with Crippen LogP contribution in [0.3, 0.4) is 0 Å². The van der Waals surface area contributed by atoms with E-state index in [1.165, 1.54) is 30.3 Å². The van der Waals surface area contributed by atoms with Gasteiger partial charge in [-0.05, 0) is 72.0 Å². The number of hydrogen-bond donors (Lipinski definition) is 1. The molecule has 1 aliphatic rings. The molecule has 1 atom stereocenters. The molecule has 182 valence electrons. The Balaban J connectivity index is 1.55. The Kier molecular flexibility index (Phi) is 7.18. The molecule has 3 aromatic rings. The number of rotatable bonds is 5. The average Bonchev–Trinajstić information content (AvgIpc) is 3.25. The lowest BCUT2D eigenvalue weighted by molar-refractivity contribution is -0.159. The van der Waals surface area contributed by atoms with E-state index in [0.29, 0.717) is 34.2 Å². The van der Waals surface area contributed by atoms with Crippen LogP contribution in [-0.2, 0) is 11.3 Å². The Bertz CT molecular complexity index is 1310. The molecule has 0 aliphatic carbocycles. The van der Waals surface area contributed by atoms with E-state index in [0.717, 1.165) is 0 Å². The first kappa shape index (κ1) is 25.5. The summed E-state index contributed by atoms with van der Waals surface area (Å²) in [6.07, 6.45) is -5.05. The fourth-order valence-electron chi connectivity index (χ4n) is 3.86. The average molecular weight is 541 g/mol. The fraction of sp³-hybridized carbons (Fsp3) is 0.200. The molecule has 1 aliphatic heterocycles. The number of hydrogen-bond acceptors (Lipinski definition) is 3. The molecule has 3 nitrogen and oxygen atoms in total. The predicted molar refractivity (Wildman–Crippen MR) is 132 cm³/mol. The summed E-state index contributed by atoms with van der Waals surface area (Å²) in [6.45, 7) is 1.68. The number of nitrogens with zero attached hydrogens (tertiary/aromatic N) is 1. The van der Waals surface area contributed by atoms with Gasteiger partial charge in [-0.15, -0.1) is 0 Å². The molecule has 1 amide bonds. The van der Waals surface area contributed by atoms with Crippen molar-refractivity contribution < 1.29 is 22.4 Å². The van der Waals surface area contributed by atoms with Gasteiger partial charge in [0.05, 0.1) is 5.71 Å². The Morgan fingerprint density at radius 3 is 2.40 bits per heavy atom. The summed E-state index contributed by atoms with van der Waals surface area (Å²) in [4.78, 5) is 12.6. The second-order valence-corrected chi connectivity index (χ2v) is 10.0. The zero-order valence-electron chi connectivity index (χ0n) is 18.2. The van der Waals surface area contributed by atoms with Crippen molar-refractivity contribution in [2.75, 3.05) is 0 Å². The molecule has 3 aromatic carbocycles. The maximum atomic E-state index is 14.3. The van der Waals surface area contributed by atoms with Crippen molar-refractivity contribution in [3.8, 4) is 0 Å². The van der Waals surface area contributed by atoms with Crippen LogP contribution in [0.2, 0.25) is 10.0 Å². The summed E-state index contributed by atoms with van der Waals surface area (Å²) < 4.78 is 58.5. The standard InChI is InChI=1S/C25H18Cl2F4N2OS/c1-14-8-15(6-7-20(14)23(34)32-13-16-4-2-3-5-21(16)28)22-12-24(35-33-22,25(29,30)31)17-9-18(26)11-19(27)10-17/h2-11H,12-13H2,1H3,(H,32,34). The van der Waals surface area contributed by atoms with E-state index in [1.54, 1.807) is 37.3 Å². The van der Waals surface area contributed by atoms with Crippen LogP contribution < -0.4 is 5.32 Å². The summed E-state index contributed by atoms with van der Waals surface area (Å²) in [5.41, 5.74) is 1.87. The van der Waals surface area contributed by atoms with Crippen molar-refractivity contribution >= 4 is 46.8 Å². The van der Waals surface area contributed by atoms with Gasteiger partial charge in [0.2, 0.25) is 0 Å². The van der Waals surface area contributed by atoms with Gasteiger partial charge >= 0.3 is 6.18 Å². The highest BCUT2D eigenvalue weighted by atomic mass is 35.5. The van der Waals surface area contributed by atoms with E-state index in [2.05, 4.69) is 9.71 Å². The van der Waals surface area contributed by atoms with Gasteiger partial charge in [-0.25, -0.2) is 8.79 Å². The van der Waals surface area contributed by atoms with Crippen molar-refractivity contribution in [1.82, 2.24) is 5.32 Å². The summed E-state index contributed by atoms with van der Waals surface area (Å²) in [5, 5.41) is 2.87. The molecule has 0 saturated carbocycles. The van der Waals surface area contributed by atoms with Crippen molar-refractivity contribution in [3.05, 3.63) is 104 Å². The van der Waals surface area contributed by atoms with Crippen LogP contribution in [0.5, 0.6) is 0 Å². The van der Waals surface area contributed by atoms with Crippen LogP contribution in [0.1, 0.15) is 39.0 Å². The largest absolute Gasteiger partial charge is 0.409 e. The zero-order valence-corrected chi connectivity index (χ0v) is 20.5. The lowest BCUT2D eigenvalue weighted by atomic mass is 9.89. The quantitative estimate of drug-likeness (QED) is 0.266. The van der Waals surface area contributed by atoms with Crippen molar-refractivity contribution in [2.24, 2.45) is 4.40 Å². The molecule has 0 bridgehead atoms. The molecule has 0 radical (unpaired) electrons. The maximum Gasteiger partial charge on any atom is 0.409 e. The molecular weight excluding hydrogens is 523 g/mol. The smallest absolute Gasteiger partial charge is 0.348 e. The third-order valence-electron chi connectivity index (χ3n) is 5.72. The van der Waals surface area contributed by atoms with E-state index in [1.807, 2.05) is 0 Å². The summed E-state index contributed by atoms with van der Waals surface area (Å²) in [5.74, 6) is -0.844. The lowest BCUT2D eigenvalue weighted by Gasteiger charge is -2.30. The number of alkyl halides is 3. The van der Waals surface area contributed by atoms with Gasteiger partial charge < -0.3 is 5.32 Å². The van der Waals surface area contributed by atoms with Crippen molar-refractivity contribution in [3.63, 3.8) is 0 Å². The second kappa shape index (κ2) is 9.84. The fourth-order valence-corrected chi connectivity index (χ4v) is 5.35. The molecule has 35 heavy (non-hydrogen) atoms. The molecule has 0 aromatic heterocycles. The number of carbonyl (C=O) groups excluding carboxylic acids is 1. The molecule has 1 heterocycles. The van der Waals surface area contributed by atoms with Crippen LogP contribution in [0.25, 0.3) is 0 Å². The minimum absolute atomic E-state index is 0.00629. The van der Waals surface area contributed by atoms with Crippen LogP contribution in [0.15, 0.2) is 65.1 Å². The lowest BCUT2D eigenvalue weighted by Crippen LogP contribution is -2.38. The minimum Gasteiger partial charge on any atom is -0.348 e. The first-order valence-corrected chi connectivity index (χ1v) is 11.9. The van der Waals surface area contributed by atoms with E-state index < -0.39 is 29.1 Å². The van der Waals surface area contributed by atoms with E-state index >= 15 is 0 Å². The van der Waals surface area contributed by atoms with Crippen LogP contribution >= 0.6 is 35.1 Å². The molecule has 4 rings (SSSR count). The highest BCUT2D eigenvalue weighted by Gasteiger charge is 2.60. The van der Waals surface area contributed by atoms with E-state index in [-0.39, 0.29) is 27.9 Å². The molecule has 1 unspecified atom stereocenters. The van der Waals surface area contributed by atoms with Crippen LogP contribution in [0, 0.1) is 12.7 Å². The van der Waals surface area contributed by atoms with Crippen molar-refractivity contribution in [2.45, 2.75) is 30.8 Å². The number of benzene rings is 3. The third-order valence-corrected chi connectivity index (χ3v) is 7.39. The topological polar surface area (TPSA) is 41.5 Å². The highest BCUT2D eigenvalue weighted by Crippen LogP contribution is 2.57. The van der Waals surface area contributed by atoms with Crippen molar-refractivity contribution in [1.29, 1.82) is 0 Å². The summed E-state index contributed by atoms with van der Waals surface area (Å²) >= 11 is 12.4. The summed E-state index contributed by atoms with van der Waals surface area (Å²) in [6, 6.07) is 14.7. The first-order chi connectivity index (χ1) is 16.5. The zero-order chi connectivity index (χ0) is 25.4. The molecule has 10 heteroatoms. The van der Waals surface area contributed by atoms with Gasteiger partial charge in [0, 0.05) is 34.1 Å². The molecular formula is C25H18Cl2F4N2OS. The van der Waals surface area contributed by atoms with Gasteiger partial charge in [0.1, 0.15) is 5.82 Å². The van der Waals surface area contributed by atoms with Gasteiger partial charge in [-0.3, -0.25) is 4.79 Å². The van der Waals surface area contributed by atoms with Gasteiger partial charge in [-0.1, -0.05) is 47.5 Å². The molecule has 0 saturated heterocycles. The SMILES string of the molecule is Cc1cc(C2=NSC(c3cc(Cl)cc(Cl)c3)(C(F)(F)F)C2)ccc1C(=O)NCc1ccccc1F. The molecule has 0 spiro atoms. The number of carbonyl (C=O) groups is 1. The highest BCUT2D eigenvalue weighted by molar-refractivity contribution is 7.99. The predicted octanol–water partition coefficient (Wildman–Crippen LogP) is 7.67. The van der Waals surface area contributed by atoms with Crippen LogP contribution in [0.4, 0.5) is 17.6 Å². The van der Waals surface area contributed by atoms with Crippen LogP contribution in [-0.4, -0.2) is 17.8 Å². The number of nitrogens with one attached hydrogen (secondary N) is 1. The third kappa shape index (κ3) is 5.20. The van der Waals surface area contributed by atoms with Gasteiger partial charge in [0.25, 0.3) is 5.91 Å². The van der Waals surface area contributed by atoms with E-state index in [9.17, 15) is 22.4 Å². The number of amides is 1. The Labute approximate surface area is 213 Å². The monoisotopic (exact) mass is 540 g/mol.